The zero-order chi connectivity index (χ0) is 20.1. The first kappa shape index (κ1) is 20.0. The molecule has 10 heteroatoms. The van der Waals surface area contributed by atoms with Gasteiger partial charge in [0.1, 0.15) is 13.2 Å². The van der Waals surface area contributed by atoms with Crippen molar-refractivity contribution >= 4 is 51.2 Å². The lowest BCUT2D eigenvalue weighted by atomic mass is 10.2. The van der Waals surface area contributed by atoms with E-state index in [2.05, 4.69) is 38.3 Å². The molecule has 2 aromatic heterocycles. The summed E-state index contributed by atoms with van der Waals surface area (Å²) in [5, 5.41) is 17.1. The molecule has 0 aliphatic carbocycles. The molecular formula is C19H20N4O3S3. The van der Waals surface area contributed by atoms with Gasteiger partial charge < -0.3 is 20.1 Å². The van der Waals surface area contributed by atoms with Gasteiger partial charge in [-0.15, -0.1) is 21.5 Å². The van der Waals surface area contributed by atoms with E-state index in [1.54, 1.807) is 23.5 Å². The molecule has 1 aliphatic rings. The monoisotopic (exact) mass is 448 g/mol. The number of carbonyl (C=O) groups excluding carboxylic acids is 1. The lowest BCUT2D eigenvalue weighted by Crippen LogP contribution is -2.22. The Labute approximate surface area is 180 Å². The largest absolute Gasteiger partial charge is 0.486 e. The Morgan fingerprint density at radius 1 is 1.24 bits per heavy atom. The van der Waals surface area contributed by atoms with Crippen molar-refractivity contribution in [3.63, 3.8) is 0 Å². The smallest absolute Gasteiger partial charge is 0.237 e. The van der Waals surface area contributed by atoms with E-state index in [1.807, 2.05) is 13.0 Å². The predicted molar refractivity (Wildman–Crippen MR) is 118 cm³/mol. The Morgan fingerprint density at radius 2 is 2.10 bits per heavy atom. The minimum absolute atomic E-state index is 0.103. The molecule has 1 aliphatic heterocycles. The minimum atomic E-state index is -0.310. The fraction of sp³-hybridized carbons (Fsp3) is 0.316. The number of thioether (sulfide) groups is 1. The maximum Gasteiger partial charge on any atom is 0.237 e. The number of hydrogen-bond acceptors (Lipinski definition) is 9. The molecular weight excluding hydrogens is 428 g/mol. The number of carbonyl (C=O) groups is 1. The minimum Gasteiger partial charge on any atom is -0.486 e. The molecule has 0 bridgehead atoms. The number of nitrogens with one attached hydrogen (secondary N) is 2. The van der Waals surface area contributed by atoms with Gasteiger partial charge in [-0.1, -0.05) is 29.2 Å². The maximum atomic E-state index is 12.5. The van der Waals surface area contributed by atoms with Crippen LogP contribution in [-0.2, 0) is 11.2 Å². The van der Waals surface area contributed by atoms with Gasteiger partial charge in [0, 0.05) is 23.2 Å². The molecule has 1 amide bonds. The first-order chi connectivity index (χ1) is 14.2. The van der Waals surface area contributed by atoms with Crippen molar-refractivity contribution in [3.05, 3.63) is 40.6 Å². The normalized spacial score (nSPS) is 13.7. The summed E-state index contributed by atoms with van der Waals surface area (Å²) in [7, 11) is 0. The molecule has 0 saturated carbocycles. The molecule has 7 nitrogen and oxygen atoms in total. The molecule has 0 radical (unpaired) electrons. The Morgan fingerprint density at radius 3 is 2.93 bits per heavy atom. The highest BCUT2D eigenvalue weighted by Gasteiger charge is 2.19. The average Bonchev–Trinajstić information content (AvgIpc) is 3.40. The van der Waals surface area contributed by atoms with Crippen molar-refractivity contribution in [1.82, 2.24) is 10.2 Å². The number of amides is 1. The predicted octanol–water partition coefficient (Wildman–Crippen LogP) is 4.14. The Hall–Kier alpha value is -2.30. The summed E-state index contributed by atoms with van der Waals surface area (Å²) in [6, 6.07) is 9.57. The topological polar surface area (TPSA) is 85.4 Å². The van der Waals surface area contributed by atoms with Gasteiger partial charge in [-0.25, -0.2) is 0 Å². The SMILES string of the molecule is CC(Sc1nnc(NCCc2cccs2)s1)C(=O)Nc1ccc2c(c1)OCCO2. The van der Waals surface area contributed by atoms with E-state index in [0.29, 0.717) is 30.4 Å². The average molecular weight is 449 g/mol. The zero-order valence-corrected chi connectivity index (χ0v) is 18.2. The molecule has 0 saturated heterocycles. The van der Waals surface area contributed by atoms with Gasteiger partial charge in [0.2, 0.25) is 11.0 Å². The van der Waals surface area contributed by atoms with Crippen molar-refractivity contribution < 1.29 is 14.3 Å². The third-order valence-corrected chi connectivity index (χ3v) is 7.09. The molecule has 1 unspecified atom stereocenters. The summed E-state index contributed by atoms with van der Waals surface area (Å²) in [5.74, 6) is 1.25. The second-order valence-corrected chi connectivity index (χ2v) is 9.83. The van der Waals surface area contributed by atoms with Crippen molar-refractivity contribution in [2.45, 2.75) is 22.9 Å². The van der Waals surface area contributed by atoms with E-state index in [0.717, 1.165) is 22.4 Å². The Kier molecular flexibility index (Phi) is 6.53. The lowest BCUT2D eigenvalue weighted by Gasteiger charge is -2.19. The van der Waals surface area contributed by atoms with E-state index in [9.17, 15) is 4.79 Å². The molecule has 0 spiro atoms. The summed E-state index contributed by atoms with van der Waals surface area (Å²) in [6.07, 6.45) is 0.952. The summed E-state index contributed by atoms with van der Waals surface area (Å²) in [4.78, 5) is 13.9. The fourth-order valence-corrected chi connectivity index (χ4v) is 5.28. The number of anilines is 2. The van der Waals surface area contributed by atoms with Crippen LogP contribution in [0.2, 0.25) is 0 Å². The van der Waals surface area contributed by atoms with Crippen LogP contribution in [-0.4, -0.2) is 41.1 Å². The molecule has 152 valence electrons. The standard InChI is InChI=1S/C19H20N4O3S3/c1-12(17(24)21-13-4-5-15-16(11-13)26-9-8-25-15)28-19-23-22-18(29-19)20-7-6-14-3-2-10-27-14/h2-5,10-12H,6-9H2,1H3,(H,20,22)(H,21,24). The summed E-state index contributed by atoms with van der Waals surface area (Å²) >= 11 is 4.59. The second-order valence-electron chi connectivity index (χ2n) is 6.24. The highest BCUT2D eigenvalue weighted by molar-refractivity contribution is 8.02. The van der Waals surface area contributed by atoms with Gasteiger partial charge in [-0.05, 0) is 36.9 Å². The Balaban J connectivity index is 1.27. The van der Waals surface area contributed by atoms with Crippen LogP contribution < -0.4 is 20.1 Å². The van der Waals surface area contributed by atoms with Crippen LogP contribution in [0.15, 0.2) is 40.1 Å². The highest BCUT2D eigenvalue weighted by Crippen LogP contribution is 2.33. The first-order valence-electron chi connectivity index (χ1n) is 9.14. The van der Waals surface area contributed by atoms with Gasteiger partial charge in [0.25, 0.3) is 0 Å². The second kappa shape index (κ2) is 9.47. The van der Waals surface area contributed by atoms with Crippen molar-refractivity contribution in [2.24, 2.45) is 0 Å². The van der Waals surface area contributed by atoms with Crippen LogP contribution >= 0.6 is 34.4 Å². The molecule has 0 fully saturated rings. The van der Waals surface area contributed by atoms with E-state index >= 15 is 0 Å². The number of benzene rings is 1. The number of fused-ring (bicyclic) bond motifs is 1. The van der Waals surface area contributed by atoms with E-state index in [1.165, 1.54) is 28.0 Å². The number of nitrogens with zero attached hydrogens (tertiary/aromatic N) is 2. The quantitative estimate of drug-likeness (QED) is 0.501. The lowest BCUT2D eigenvalue weighted by molar-refractivity contribution is -0.115. The number of thiophene rings is 1. The van der Waals surface area contributed by atoms with Gasteiger partial charge >= 0.3 is 0 Å². The third kappa shape index (κ3) is 5.40. The van der Waals surface area contributed by atoms with Crippen molar-refractivity contribution in [3.8, 4) is 11.5 Å². The van der Waals surface area contributed by atoms with Crippen LogP contribution in [0.25, 0.3) is 0 Å². The molecule has 1 aromatic carbocycles. The molecule has 2 N–H and O–H groups in total. The highest BCUT2D eigenvalue weighted by atomic mass is 32.2. The van der Waals surface area contributed by atoms with Crippen LogP contribution in [0.5, 0.6) is 11.5 Å². The number of hydrogen-bond donors (Lipinski definition) is 2. The van der Waals surface area contributed by atoms with Crippen LogP contribution in [0.1, 0.15) is 11.8 Å². The number of aromatic nitrogens is 2. The van der Waals surface area contributed by atoms with Crippen LogP contribution in [0.3, 0.4) is 0 Å². The first-order valence-corrected chi connectivity index (χ1v) is 11.7. The van der Waals surface area contributed by atoms with E-state index in [-0.39, 0.29) is 11.2 Å². The molecule has 29 heavy (non-hydrogen) atoms. The molecule has 3 heterocycles. The van der Waals surface area contributed by atoms with Crippen molar-refractivity contribution in [1.29, 1.82) is 0 Å². The van der Waals surface area contributed by atoms with Gasteiger partial charge in [0.15, 0.2) is 15.8 Å². The molecule has 4 rings (SSSR count). The van der Waals surface area contributed by atoms with Crippen molar-refractivity contribution in [2.75, 3.05) is 30.4 Å². The van der Waals surface area contributed by atoms with E-state index < -0.39 is 0 Å². The number of rotatable bonds is 8. The van der Waals surface area contributed by atoms with Gasteiger partial charge in [-0.2, -0.15) is 0 Å². The Bertz CT molecular complexity index is 962. The maximum absolute atomic E-state index is 12.5. The van der Waals surface area contributed by atoms with E-state index in [4.69, 9.17) is 9.47 Å². The van der Waals surface area contributed by atoms with Crippen LogP contribution in [0.4, 0.5) is 10.8 Å². The van der Waals surface area contributed by atoms with Gasteiger partial charge in [0.05, 0.1) is 5.25 Å². The molecule has 1 atom stereocenters. The summed E-state index contributed by atoms with van der Waals surface area (Å²) in [6.45, 7) is 3.71. The number of ether oxygens (including phenoxy) is 2. The fourth-order valence-electron chi connectivity index (χ4n) is 2.65. The summed E-state index contributed by atoms with van der Waals surface area (Å²) < 4.78 is 11.8. The van der Waals surface area contributed by atoms with Gasteiger partial charge in [-0.3, -0.25) is 4.79 Å². The third-order valence-electron chi connectivity index (χ3n) is 4.09. The molecule has 3 aromatic rings. The zero-order valence-electron chi connectivity index (χ0n) is 15.7. The van der Waals surface area contributed by atoms with Crippen LogP contribution in [0, 0.1) is 0 Å². The summed E-state index contributed by atoms with van der Waals surface area (Å²) in [5.41, 5.74) is 0.680.